The van der Waals surface area contributed by atoms with Crippen LogP contribution >= 0.6 is 0 Å². The summed E-state index contributed by atoms with van der Waals surface area (Å²) >= 11 is 0. The van der Waals surface area contributed by atoms with E-state index in [2.05, 4.69) is 6.07 Å². The summed E-state index contributed by atoms with van der Waals surface area (Å²) in [4.78, 5) is -1.12. The highest BCUT2D eigenvalue weighted by atomic mass is 32.2. The largest absolute Gasteiger partial charge is 0.496 e. The molecule has 6 aromatic rings. The lowest BCUT2D eigenvalue weighted by Gasteiger charge is -2.15. The zero-order chi connectivity index (χ0) is 38.1. The highest BCUT2D eigenvalue weighted by Gasteiger charge is 2.25. The average Bonchev–Trinajstić information content (AvgIpc) is 3.13. The van der Waals surface area contributed by atoms with Gasteiger partial charge in [0.2, 0.25) is 9.84 Å². The molecule has 0 fully saturated rings. The Bertz CT molecular complexity index is 2560. The molecular formula is C42H38O9S2. The quantitative estimate of drug-likeness (QED) is 0.129. The van der Waals surface area contributed by atoms with Gasteiger partial charge in [0.25, 0.3) is 10.1 Å². The summed E-state index contributed by atoms with van der Waals surface area (Å²) < 4.78 is 85.2. The van der Waals surface area contributed by atoms with Gasteiger partial charge in [-0.2, -0.15) is 8.42 Å². The number of methoxy groups -OCH3 is 2. The molecule has 0 aromatic heterocycles. The normalized spacial score (nSPS) is 11.6. The molecular weight excluding hydrogens is 713 g/mol. The van der Waals surface area contributed by atoms with Gasteiger partial charge in [0, 0.05) is 0 Å². The van der Waals surface area contributed by atoms with Crippen molar-refractivity contribution in [3.63, 3.8) is 0 Å². The lowest BCUT2D eigenvalue weighted by Crippen LogP contribution is -2.07. The van der Waals surface area contributed by atoms with Gasteiger partial charge < -0.3 is 18.9 Å². The third-order valence-corrected chi connectivity index (χ3v) is 11.5. The van der Waals surface area contributed by atoms with Crippen LogP contribution in [0.2, 0.25) is 0 Å². The molecule has 0 radical (unpaired) electrons. The minimum Gasteiger partial charge on any atom is -0.496 e. The van der Waals surface area contributed by atoms with E-state index < -0.39 is 24.9 Å². The van der Waals surface area contributed by atoms with Crippen LogP contribution < -0.4 is 18.9 Å². The van der Waals surface area contributed by atoms with Gasteiger partial charge in [0.1, 0.15) is 39.4 Å². The van der Waals surface area contributed by atoms with Gasteiger partial charge in [-0.1, -0.05) is 24.3 Å². The third-order valence-electron chi connectivity index (χ3n) is 8.89. The smallest absolute Gasteiger partial charge is 0.298 e. The second kappa shape index (κ2) is 14.8. The maximum atomic E-state index is 13.7. The molecule has 6 aromatic carbocycles. The van der Waals surface area contributed by atoms with E-state index in [0.29, 0.717) is 22.8 Å². The van der Waals surface area contributed by atoms with Gasteiger partial charge in [-0.3, -0.25) is 4.55 Å². The zero-order valence-corrected chi connectivity index (χ0v) is 31.6. The molecule has 53 heavy (non-hydrogen) atoms. The molecule has 0 atom stereocenters. The summed E-state index contributed by atoms with van der Waals surface area (Å²) in [6.45, 7) is 7.66. The van der Waals surface area contributed by atoms with Crippen LogP contribution in [-0.4, -0.2) is 35.6 Å². The lowest BCUT2D eigenvalue weighted by atomic mass is 10.0. The van der Waals surface area contributed by atoms with E-state index >= 15 is 0 Å². The van der Waals surface area contributed by atoms with E-state index in [4.69, 9.17) is 18.9 Å². The topological polar surface area (TPSA) is 125 Å². The van der Waals surface area contributed by atoms with Gasteiger partial charge in [-0.15, -0.1) is 0 Å². The highest BCUT2D eigenvalue weighted by molar-refractivity contribution is 7.91. The molecule has 0 aliphatic rings. The van der Waals surface area contributed by atoms with Crippen molar-refractivity contribution in [3.05, 3.63) is 138 Å². The monoisotopic (exact) mass is 750 g/mol. The van der Waals surface area contributed by atoms with E-state index in [9.17, 15) is 21.4 Å². The van der Waals surface area contributed by atoms with Crippen LogP contribution in [0.1, 0.15) is 22.3 Å². The fraction of sp³-hybridized carbons (Fsp3) is 0.143. The fourth-order valence-electron chi connectivity index (χ4n) is 6.01. The van der Waals surface area contributed by atoms with Gasteiger partial charge in [0.15, 0.2) is 0 Å². The molecule has 0 aliphatic carbocycles. The summed E-state index contributed by atoms with van der Waals surface area (Å²) in [5.41, 5.74) is 7.47. The molecule has 0 amide bonds. The summed E-state index contributed by atoms with van der Waals surface area (Å²) in [7, 11) is -5.85. The van der Waals surface area contributed by atoms with E-state index in [-0.39, 0.29) is 15.5 Å². The first-order valence-corrected chi connectivity index (χ1v) is 19.4. The molecule has 11 heteroatoms. The van der Waals surface area contributed by atoms with Crippen LogP contribution in [0.4, 0.5) is 0 Å². The van der Waals surface area contributed by atoms with Crippen LogP contribution in [0.5, 0.6) is 34.5 Å². The number of ether oxygens (including phenoxy) is 4. The summed E-state index contributed by atoms with van der Waals surface area (Å²) in [6.07, 6.45) is 0. The molecule has 0 unspecified atom stereocenters. The Kier molecular flexibility index (Phi) is 10.4. The van der Waals surface area contributed by atoms with Crippen molar-refractivity contribution in [3.8, 4) is 56.8 Å². The molecule has 0 bridgehead atoms. The Morgan fingerprint density at radius 3 is 1.21 bits per heavy atom. The van der Waals surface area contributed by atoms with Crippen molar-refractivity contribution in [1.29, 1.82) is 0 Å². The van der Waals surface area contributed by atoms with Crippen LogP contribution in [-0.2, 0) is 20.0 Å². The summed E-state index contributed by atoms with van der Waals surface area (Å²) in [5.74, 6) is 2.70. The first-order chi connectivity index (χ1) is 25.2. The van der Waals surface area contributed by atoms with Crippen LogP contribution in [0.3, 0.4) is 0 Å². The zero-order valence-electron chi connectivity index (χ0n) is 30.0. The molecule has 0 saturated heterocycles. The highest BCUT2D eigenvalue weighted by Crippen LogP contribution is 2.37. The standard InChI is InChI=1S/C42H38O9S2/c1-26-21-30(7-16-37(26)48-5)32-9-18-39(28(3)23-32)50-34-11-13-35(14-12-34)52(43,44)36-15-20-41(42(25-36)53(45,46)47)51-40-19-10-33(24-29(40)4)31-8-17-38(49-6)27(2)22-31/h7-25H,1-6H3,(H,45,46,47). The lowest BCUT2D eigenvalue weighted by molar-refractivity contribution is 0.411. The Hall–Kier alpha value is -5.62. The van der Waals surface area contributed by atoms with E-state index in [1.165, 1.54) is 36.4 Å². The minimum absolute atomic E-state index is 0.0954. The van der Waals surface area contributed by atoms with Crippen molar-refractivity contribution < 1.29 is 40.3 Å². The fourth-order valence-corrected chi connectivity index (χ4v) is 8.01. The van der Waals surface area contributed by atoms with Crippen LogP contribution in [0.25, 0.3) is 22.3 Å². The van der Waals surface area contributed by atoms with Crippen molar-refractivity contribution in [2.24, 2.45) is 0 Å². The molecule has 0 spiro atoms. The van der Waals surface area contributed by atoms with E-state index in [1.54, 1.807) is 27.2 Å². The average molecular weight is 751 g/mol. The van der Waals surface area contributed by atoms with Gasteiger partial charge in [-0.05, 0) is 163 Å². The van der Waals surface area contributed by atoms with Gasteiger partial charge in [0.05, 0.1) is 24.0 Å². The number of rotatable bonds is 11. The Morgan fingerprint density at radius 2 is 0.811 bits per heavy atom. The maximum Gasteiger partial charge on any atom is 0.298 e. The van der Waals surface area contributed by atoms with Crippen LogP contribution in [0.15, 0.2) is 130 Å². The summed E-state index contributed by atoms with van der Waals surface area (Å²) in [5, 5.41) is 0. The van der Waals surface area contributed by atoms with Crippen molar-refractivity contribution >= 4 is 20.0 Å². The van der Waals surface area contributed by atoms with Gasteiger partial charge >= 0.3 is 0 Å². The number of aryl methyl sites for hydroxylation is 4. The van der Waals surface area contributed by atoms with Crippen molar-refractivity contribution in [2.45, 2.75) is 42.4 Å². The van der Waals surface area contributed by atoms with E-state index in [0.717, 1.165) is 56.5 Å². The second-order valence-electron chi connectivity index (χ2n) is 12.6. The molecule has 0 saturated carbocycles. The Balaban J connectivity index is 1.21. The predicted molar refractivity (Wildman–Crippen MR) is 204 cm³/mol. The summed E-state index contributed by atoms with van der Waals surface area (Å²) in [6, 6.07) is 32.1. The first kappa shape index (κ1) is 37.1. The first-order valence-electron chi connectivity index (χ1n) is 16.5. The molecule has 9 nitrogen and oxygen atoms in total. The SMILES string of the molecule is COc1ccc(-c2ccc(Oc3ccc(S(=O)(=O)c4ccc(Oc5ccc(-c6ccc(OC)c(C)c6)cc5C)c(S(=O)(=O)O)c4)cc3)c(C)c2)cc1C. The molecule has 0 heterocycles. The van der Waals surface area contributed by atoms with Crippen molar-refractivity contribution in [1.82, 2.24) is 0 Å². The minimum atomic E-state index is -4.89. The maximum absolute atomic E-state index is 13.7. The van der Waals surface area contributed by atoms with E-state index in [1.807, 2.05) is 81.4 Å². The Morgan fingerprint density at radius 1 is 0.434 bits per heavy atom. The molecule has 6 rings (SSSR count). The predicted octanol–water partition coefficient (Wildman–Crippen LogP) is 9.94. The number of hydrogen-bond acceptors (Lipinski definition) is 8. The third kappa shape index (κ3) is 7.92. The van der Waals surface area contributed by atoms with Crippen LogP contribution in [0, 0.1) is 27.7 Å². The van der Waals surface area contributed by atoms with Crippen molar-refractivity contribution in [2.75, 3.05) is 14.2 Å². The second-order valence-corrected chi connectivity index (χ2v) is 15.9. The Labute approximate surface area is 310 Å². The molecule has 272 valence electrons. The number of benzene rings is 6. The molecule has 1 N–H and O–H groups in total. The molecule has 0 aliphatic heterocycles. The number of hydrogen-bond donors (Lipinski definition) is 1. The number of sulfone groups is 1. The van der Waals surface area contributed by atoms with Gasteiger partial charge in [-0.25, -0.2) is 8.42 Å².